The van der Waals surface area contributed by atoms with Gasteiger partial charge in [0.15, 0.2) is 43.5 Å². The van der Waals surface area contributed by atoms with E-state index in [1.807, 2.05) is 0 Å². The highest BCUT2D eigenvalue weighted by Gasteiger charge is 2.58. The molecule has 0 radical (unpaired) electrons. The van der Waals surface area contributed by atoms with E-state index in [2.05, 4.69) is 20.9 Å². The minimum absolute atomic E-state index is 0.910. The summed E-state index contributed by atoms with van der Waals surface area (Å²) in [7, 11) is -28.1. The highest BCUT2D eigenvalue weighted by molar-refractivity contribution is 7.81. The molecule has 360 valence electrons. The van der Waals surface area contributed by atoms with Gasteiger partial charge in [-0.05, 0) is 27.7 Å². The van der Waals surface area contributed by atoms with Crippen molar-refractivity contribution in [2.75, 3.05) is 0 Å². The van der Waals surface area contributed by atoms with Crippen molar-refractivity contribution in [3.8, 4) is 0 Å². The monoisotopic (exact) mass is 1000 g/mol. The van der Waals surface area contributed by atoms with E-state index in [0.29, 0.717) is 0 Å². The van der Waals surface area contributed by atoms with Crippen LogP contribution in [0.4, 0.5) is 0 Å². The molecule has 0 aromatic carbocycles. The van der Waals surface area contributed by atoms with Crippen molar-refractivity contribution in [3.63, 3.8) is 0 Å². The van der Waals surface area contributed by atoms with Crippen LogP contribution in [-0.4, -0.2) is 213 Å². The zero-order chi connectivity index (χ0) is 46.5. The number of rotatable bonds is 16. The third-order valence-electron chi connectivity index (χ3n) is 9.08. The van der Waals surface area contributed by atoms with Crippen molar-refractivity contribution in [3.05, 3.63) is 0 Å². The van der Waals surface area contributed by atoms with E-state index in [1.54, 1.807) is 0 Å². The van der Waals surface area contributed by atoms with Crippen LogP contribution in [0.15, 0.2) is 0 Å². The second-order valence-corrected chi connectivity index (χ2v) is 18.8. The molecule has 0 aliphatic carbocycles. The van der Waals surface area contributed by atoms with Crippen LogP contribution >= 0.6 is 0 Å². The minimum Gasteiger partial charge on any atom is -0.388 e. The fourth-order valence-corrected chi connectivity index (χ4v) is 9.05. The first-order valence-electron chi connectivity index (χ1n) is 16.8. The van der Waals surface area contributed by atoms with Gasteiger partial charge in [0.25, 0.3) is 0 Å². The lowest BCUT2D eigenvalue weighted by Gasteiger charge is -2.49. The molecule has 4 aliphatic heterocycles. The van der Waals surface area contributed by atoms with Crippen LogP contribution in [0.2, 0.25) is 0 Å². The van der Waals surface area contributed by atoms with Gasteiger partial charge in [-0.15, -0.1) is 0 Å². The zero-order valence-corrected chi connectivity index (χ0v) is 35.1. The van der Waals surface area contributed by atoms with E-state index < -0.39 is 175 Å². The second kappa shape index (κ2) is 19.4. The maximum atomic E-state index is 12.2. The van der Waals surface area contributed by atoms with Crippen molar-refractivity contribution >= 4 is 52.0 Å². The summed E-state index contributed by atoms with van der Waals surface area (Å²) in [5.41, 5.74) is 0. The Balaban J connectivity index is 1.79. The van der Waals surface area contributed by atoms with Crippen LogP contribution < -0.4 is 0 Å². The smallest absolute Gasteiger partial charge is 0.388 e. The summed E-state index contributed by atoms with van der Waals surface area (Å²) in [6.07, 6.45) is -45.0. The average Bonchev–Trinajstić information content (AvgIpc) is 3.06. The molecule has 0 amide bonds. The van der Waals surface area contributed by atoms with E-state index in [0.717, 1.165) is 27.7 Å². The Morgan fingerprint density at radius 3 is 1.10 bits per heavy atom. The molecule has 61 heavy (non-hydrogen) atoms. The molecule has 20 atom stereocenters. The Morgan fingerprint density at radius 2 is 0.639 bits per heavy atom. The van der Waals surface area contributed by atoms with Crippen LogP contribution in [0.5, 0.6) is 0 Å². The topological polar surface area (TPSA) is 484 Å². The molecule has 0 bridgehead atoms. The maximum Gasteiger partial charge on any atom is 0.397 e. The lowest BCUT2D eigenvalue weighted by atomic mass is 9.96. The molecular formula is C24H42O32S5. The van der Waals surface area contributed by atoms with Gasteiger partial charge in [0.1, 0.15) is 54.9 Å². The summed E-state index contributed by atoms with van der Waals surface area (Å²) in [6.45, 7) is 4.03. The van der Waals surface area contributed by atoms with Gasteiger partial charge in [0.05, 0.1) is 24.4 Å². The third-order valence-corrected chi connectivity index (χ3v) is 11.4. The van der Waals surface area contributed by atoms with Crippen molar-refractivity contribution in [2.45, 2.75) is 151 Å². The van der Waals surface area contributed by atoms with Crippen LogP contribution in [0.1, 0.15) is 27.7 Å². The minimum atomic E-state index is -5.85. The molecule has 37 heteroatoms. The van der Waals surface area contributed by atoms with E-state index in [1.165, 1.54) is 0 Å². The lowest BCUT2D eigenvalue weighted by Crippen LogP contribution is -2.68. The maximum absolute atomic E-state index is 12.2. The van der Waals surface area contributed by atoms with Crippen molar-refractivity contribution in [1.82, 2.24) is 0 Å². The van der Waals surface area contributed by atoms with Crippen molar-refractivity contribution in [1.29, 1.82) is 0 Å². The summed E-state index contributed by atoms with van der Waals surface area (Å²) in [5.74, 6) is 0. The molecule has 4 saturated heterocycles. The van der Waals surface area contributed by atoms with E-state index in [9.17, 15) is 85.8 Å². The van der Waals surface area contributed by atoms with Gasteiger partial charge >= 0.3 is 52.0 Å². The number of aliphatic hydroxyl groups is 5. The predicted molar refractivity (Wildman–Crippen MR) is 180 cm³/mol. The third kappa shape index (κ3) is 14.2. The zero-order valence-electron chi connectivity index (χ0n) is 31.0. The molecule has 4 rings (SSSR count). The number of aliphatic hydroxyl groups excluding tert-OH is 5. The fraction of sp³-hybridized carbons (Fsp3) is 1.00. The van der Waals surface area contributed by atoms with Gasteiger partial charge in [-0.25, -0.2) is 20.9 Å². The summed E-state index contributed by atoms with van der Waals surface area (Å²) in [6, 6.07) is 0. The number of hydrogen-bond donors (Lipinski definition) is 10. The molecular weight excluding hydrogens is 961 g/mol. The Kier molecular flexibility index (Phi) is 16.7. The van der Waals surface area contributed by atoms with Crippen molar-refractivity contribution in [2.24, 2.45) is 0 Å². The predicted octanol–water partition coefficient (Wildman–Crippen LogP) is -6.50. The lowest BCUT2D eigenvalue weighted by molar-refractivity contribution is -0.377. The molecule has 4 aliphatic rings. The Morgan fingerprint density at radius 1 is 0.328 bits per heavy atom. The van der Waals surface area contributed by atoms with Gasteiger partial charge in [-0.2, -0.15) is 42.1 Å². The molecule has 0 aromatic rings. The van der Waals surface area contributed by atoms with E-state index >= 15 is 0 Å². The largest absolute Gasteiger partial charge is 0.397 e. The Hall–Kier alpha value is -1.13. The van der Waals surface area contributed by atoms with E-state index in [-0.39, 0.29) is 0 Å². The highest BCUT2D eigenvalue weighted by Crippen LogP contribution is 2.38. The molecule has 0 spiro atoms. The first-order valence-corrected chi connectivity index (χ1v) is 23.7. The van der Waals surface area contributed by atoms with Gasteiger partial charge in [0.2, 0.25) is 0 Å². The summed E-state index contributed by atoms with van der Waals surface area (Å²) < 4.78 is 226. The second-order valence-electron chi connectivity index (χ2n) is 13.6. The molecule has 4 fully saturated rings. The fourth-order valence-electron chi connectivity index (χ4n) is 6.50. The normalized spacial score (nSPS) is 43.5. The quantitative estimate of drug-likeness (QED) is 0.0643. The SMILES string of the molecule is C[C@@H]1O[C@@H](O[C@@H]2[C@H](O)[C@H](C)O[C@@H](O)[C@H]2OS(=O)(=O)O)[C@@H](OS(=O)(=O)O)[C@H](O[C@@H]2O[C@@H](C)[C@@H](OS(=O)(=O)O)[C@@H](O[C@@H]3O[C@@H](C)[C@@H](OS(=O)(=O)O)[C@@H](O)[C@@H]3O)[C@@H]2OS(=O)(=O)O)[C@@H]1O. The molecule has 4 heterocycles. The Labute approximate surface area is 346 Å². The first kappa shape index (κ1) is 52.5. The summed E-state index contributed by atoms with van der Waals surface area (Å²) >= 11 is 0. The summed E-state index contributed by atoms with van der Waals surface area (Å²) in [4.78, 5) is 0. The van der Waals surface area contributed by atoms with Gasteiger partial charge in [-0.1, -0.05) is 0 Å². The molecule has 0 aromatic heterocycles. The van der Waals surface area contributed by atoms with E-state index in [4.69, 9.17) is 37.7 Å². The standard InChI is InChI=1S/C24H42O32S5/c1-5-9(25)15(18(21(29)45-5)54-59(36,37)38)49-23-19(55-60(39,40)41)16(10(26)6(2)46-23)50-24-20(56-61(42,43)44)17(14(8(4)48-24)53-58(33,34)35)51-22-12(28)11(27)13(7(3)47-22)52-57(30,31)32/h5-29H,1-4H3,(H,30,31,32)(H,33,34,35)(H,36,37,38)(H,39,40,41)(H,42,43,44)/t5-,6-,7-,8-,9+,10+,11-,12-,13+,14+,15+,16+,17+,18-,19-,20-,21+,22-,23-,24-/m0/s1. The molecule has 0 unspecified atom stereocenters. The van der Waals surface area contributed by atoms with Crippen LogP contribution in [0.3, 0.4) is 0 Å². The van der Waals surface area contributed by atoms with Crippen LogP contribution in [-0.2, 0) is 106 Å². The molecule has 0 saturated carbocycles. The molecule has 32 nitrogen and oxygen atoms in total. The highest BCUT2D eigenvalue weighted by atomic mass is 32.3. The Bertz CT molecular complexity index is 2070. The van der Waals surface area contributed by atoms with Gasteiger partial charge < -0.3 is 58.7 Å². The first-order chi connectivity index (χ1) is 27.6. The van der Waals surface area contributed by atoms with Crippen molar-refractivity contribution < 1.29 is 144 Å². The summed E-state index contributed by atoms with van der Waals surface area (Å²) in [5, 5.41) is 53.8. The van der Waals surface area contributed by atoms with Crippen LogP contribution in [0, 0.1) is 0 Å². The number of ether oxygens (including phenoxy) is 7. The molecule has 10 N–H and O–H groups in total. The van der Waals surface area contributed by atoms with Gasteiger partial charge in [0, 0.05) is 0 Å². The average molecular weight is 1000 g/mol. The van der Waals surface area contributed by atoms with Crippen LogP contribution in [0.25, 0.3) is 0 Å². The van der Waals surface area contributed by atoms with Gasteiger partial charge in [-0.3, -0.25) is 22.8 Å². The number of hydrogen-bond acceptors (Lipinski definition) is 27.